The number of imidazole rings is 1. The maximum absolute atomic E-state index is 6.61. The average Bonchev–Trinajstić information content (AvgIpc) is 3.64. The van der Waals surface area contributed by atoms with E-state index in [1.807, 2.05) is 53.2 Å². The van der Waals surface area contributed by atoms with Crippen LogP contribution in [0.4, 0.5) is 5.69 Å². The molecule has 0 unspecified atom stereocenters. The van der Waals surface area contributed by atoms with E-state index in [-0.39, 0.29) is 12.7 Å². The lowest BCUT2D eigenvalue weighted by molar-refractivity contribution is -0.189. The number of anilines is 1. The third kappa shape index (κ3) is 6.62. The number of nitrogens with zero attached hydrogens (tertiary/aromatic N) is 3. The van der Waals surface area contributed by atoms with Gasteiger partial charge in [0, 0.05) is 52.7 Å². The summed E-state index contributed by atoms with van der Waals surface area (Å²) in [6, 6.07) is 17.2. The van der Waals surface area contributed by atoms with Gasteiger partial charge in [0.15, 0.2) is 0 Å². The van der Waals surface area contributed by atoms with Gasteiger partial charge in [-0.05, 0) is 59.5 Å². The van der Waals surface area contributed by atoms with Crippen LogP contribution in [0.3, 0.4) is 0 Å². The van der Waals surface area contributed by atoms with Gasteiger partial charge in [-0.2, -0.15) is 0 Å². The van der Waals surface area contributed by atoms with E-state index in [9.17, 15) is 0 Å². The van der Waals surface area contributed by atoms with Crippen LogP contribution in [0.5, 0.6) is 5.75 Å². The lowest BCUT2D eigenvalue weighted by Gasteiger charge is -2.30. The van der Waals surface area contributed by atoms with Crippen LogP contribution in [0.2, 0.25) is 15.1 Å². The van der Waals surface area contributed by atoms with Crippen molar-refractivity contribution in [2.24, 2.45) is 0 Å². The molecule has 4 aromatic rings. The van der Waals surface area contributed by atoms with Crippen LogP contribution < -0.4 is 10.5 Å². The van der Waals surface area contributed by atoms with Crippen LogP contribution in [0, 0.1) is 0 Å². The van der Waals surface area contributed by atoms with Crippen LogP contribution in [0.25, 0.3) is 6.08 Å². The van der Waals surface area contributed by atoms with Crippen LogP contribution in [-0.2, 0) is 34.8 Å². The second-order valence-corrected chi connectivity index (χ2v) is 11.9. The van der Waals surface area contributed by atoms with Crippen molar-refractivity contribution in [1.82, 2.24) is 14.5 Å². The number of ether oxygens (including phenoxy) is 3. The monoisotopic (exact) mass is 624 g/mol. The molecule has 2 N–H and O–H groups in total. The Hall–Kier alpha value is -3.04. The van der Waals surface area contributed by atoms with Crippen molar-refractivity contribution >= 4 is 46.6 Å². The van der Waals surface area contributed by atoms with E-state index in [0.29, 0.717) is 34.6 Å². The number of hydrogen-bond acceptors (Lipinski definition) is 6. The number of aromatic nitrogens is 2. The Kier molecular flexibility index (Phi) is 8.77. The molecule has 2 aliphatic heterocycles. The van der Waals surface area contributed by atoms with Gasteiger partial charge in [-0.1, -0.05) is 65.2 Å². The molecule has 10 heteroatoms. The zero-order chi connectivity index (χ0) is 29.1. The summed E-state index contributed by atoms with van der Waals surface area (Å²) in [5.41, 5.74) is 11.5. The minimum absolute atomic E-state index is 0.282. The molecule has 3 heterocycles. The molecule has 2 aliphatic rings. The van der Waals surface area contributed by atoms with E-state index in [2.05, 4.69) is 28.1 Å². The highest BCUT2D eigenvalue weighted by Gasteiger charge is 2.44. The van der Waals surface area contributed by atoms with Crippen LogP contribution in [-0.4, -0.2) is 46.9 Å². The summed E-state index contributed by atoms with van der Waals surface area (Å²) in [6.45, 7) is 3.62. The SMILES string of the molecule is Nc1c(OC[C@H]2CO[C@](Cn3ccnc3)(c3cc(Cl)cc(Cl)c3)O2)ccc2c1CCN(C/C=C/c1ccc(Cl)cc1)C2. The number of nitrogens with two attached hydrogens (primary N) is 1. The number of rotatable bonds is 9. The van der Waals surface area contributed by atoms with Gasteiger partial charge in [-0.25, -0.2) is 4.98 Å². The second-order valence-electron chi connectivity index (χ2n) is 10.6. The highest BCUT2D eigenvalue weighted by Crippen LogP contribution is 2.39. The molecule has 0 saturated carbocycles. The topological polar surface area (TPSA) is 74.8 Å². The molecule has 1 saturated heterocycles. The van der Waals surface area contributed by atoms with Crippen molar-refractivity contribution in [2.45, 2.75) is 31.4 Å². The minimum atomic E-state index is -1.09. The molecule has 0 amide bonds. The Morgan fingerprint density at radius 1 is 1.05 bits per heavy atom. The van der Waals surface area contributed by atoms with Gasteiger partial charge in [-0.15, -0.1) is 0 Å². The van der Waals surface area contributed by atoms with Crippen molar-refractivity contribution in [3.63, 3.8) is 0 Å². The lowest BCUT2D eigenvalue weighted by atomic mass is 9.97. The predicted octanol–water partition coefficient (Wildman–Crippen LogP) is 6.84. The summed E-state index contributed by atoms with van der Waals surface area (Å²) in [5, 5.41) is 1.76. The van der Waals surface area contributed by atoms with Crippen molar-refractivity contribution in [2.75, 3.05) is 32.0 Å². The molecule has 2 atom stereocenters. The Morgan fingerprint density at radius 2 is 1.86 bits per heavy atom. The second kappa shape index (κ2) is 12.7. The molecule has 7 nitrogen and oxygen atoms in total. The molecular formula is C32H31Cl3N4O3. The zero-order valence-corrected chi connectivity index (χ0v) is 25.2. The van der Waals surface area contributed by atoms with E-state index in [4.69, 9.17) is 54.7 Å². The van der Waals surface area contributed by atoms with Crippen molar-refractivity contribution in [3.8, 4) is 5.75 Å². The van der Waals surface area contributed by atoms with Gasteiger partial charge in [0.05, 0.1) is 25.2 Å². The number of halogens is 3. The first-order chi connectivity index (χ1) is 20.4. The molecule has 3 aromatic carbocycles. The molecule has 1 aromatic heterocycles. The van der Waals surface area contributed by atoms with Gasteiger partial charge >= 0.3 is 0 Å². The molecule has 42 heavy (non-hydrogen) atoms. The fraction of sp³-hybridized carbons (Fsp3) is 0.281. The first kappa shape index (κ1) is 29.1. The van der Waals surface area contributed by atoms with Gasteiger partial charge in [0.25, 0.3) is 0 Å². The quantitative estimate of drug-likeness (QED) is 0.205. The van der Waals surface area contributed by atoms with E-state index >= 15 is 0 Å². The van der Waals surface area contributed by atoms with E-state index in [1.54, 1.807) is 18.6 Å². The lowest BCUT2D eigenvalue weighted by Crippen LogP contribution is -2.34. The number of nitrogen functional groups attached to an aromatic ring is 1. The smallest absolute Gasteiger partial charge is 0.214 e. The van der Waals surface area contributed by atoms with E-state index in [1.165, 1.54) is 5.56 Å². The Balaban J connectivity index is 1.09. The van der Waals surface area contributed by atoms with Gasteiger partial charge < -0.3 is 24.5 Å². The van der Waals surface area contributed by atoms with E-state index < -0.39 is 5.79 Å². The number of fused-ring (bicyclic) bond motifs is 1. The third-order valence-electron chi connectivity index (χ3n) is 7.57. The summed E-state index contributed by atoms with van der Waals surface area (Å²) in [6.07, 6.45) is 10.1. The maximum Gasteiger partial charge on any atom is 0.214 e. The summed E-state index contributed by atoms with van der Waals surface area (Å²) >= 11 is 18.6. The molecule has 6 rings (SSSR count). The molecule has 0 aliphatic carbocycles. The number of hydrogen-bond donors (Lipinski definition) is 1. The number of benzene rings is 3. The van der Waals surface area contributed by atoms with Gasteiger partial charge in [-0.3, -0.25) is 4.90 Å². The van der Waals surface area contributed by atoms with E-state index in [0.717, 1.165) is 47.8 Å². The average molecular weight is 626 g/mol. The zero-order valence-electron chi connectivity index (χ0n) is 22.9. The van der Waals surface area contributed by atoms with Crippen LogP contribution >= 0.6 is 34.8 Å². The maximum atomic E-state index is 6.61. The minimum Gasteiger partial charge on any atom is -0.489 e. The fourth-order valence-corrected chi connectivity index (χ4v) is 6.12. The van der Waals surface area contributed by atoms with Crippen molar-refractivity contribution < 1.29 is 14.2 Å². The van der Waals surface area contributed by atoms with Gasteiger partial charge in [0.2, 0.25) is 5.79 Å². The predicted molar refractivity (Wildman–Crippen MR) is 167 cm³/mol. The highest BCUT2D eigenvalue weighted by molar-refractivity contribution is 6.34. The third-order valence-corrected chi connectivity index (χ3v) is 8.25. The largest absolute Gasteiger partial charge is 0.489 e. The summed E-state index contributed by atoms with van der Waals surface area (Å²) < 4.78 is 20.9. The molecule has 218 valence electrons. The molecule has 1 fully saturated rings. The Labute approximate surface area is 260 Å². The molecule has 0 radical (unpaired) electrons. The molecular weight excluding hydrogens is 595 g/mol. The standard InChI is InChI=1S/C32H31Cl3N4O3/c33-25-6-3-22(4-7-25)2-1-11-38-12-9-29-23(17-38)5-8-30(31(29)36)40-18-28-19-41-32(42-28,20-39-13-10-37-21-39)24-14-26(34)16-27(35)15-24/h1-8,10,13-16,21,28H,9,11-12,17-20,36H2/b2-1+/t28-,32-/m0/s1. The first-order valence-corrected chi connectivity index (χ1v) is 14.9. The Morgan fingerprint density at radius 3 is 2.62 bits per heavy atom. The molecule has 0 bridgehead atoms. The molecule has 0 spiro atoms. The first-order valence-electron chi connectivity index (χ1n) is 13.8. The normalized spacial score (nSPS) is 20.7. The van der Waals surface area contributed by atoms with Crippen LogP contribution in [0.15, 0.2) is 79.4 Å². The van der Waals surface area contributed by atoms with Crippen molar-refractivity contribution in [3.05, 3.63) is 117 Å². The van der Waals surface area contributed by atoms with Crippen molar-refractivity contribution in [1.29, 1.82) is 0 Å². The summed E-state index contributed by atoms with van der Waals surface area (Å²) in [7, 11) is 0. The van der Waals surface area contributed by atoms with Crippen LogP contribution in [0.1, 0.15) is 22.3 Å². The fourth-order valence-electron chi connectivity index (χ4n) is 5.46. The summed E-state index contributed by atoms with van der Waals surface area (Å²) in [4.78, 5) is 6.55. The van der Waals surface area contributed by atoms with Gasteiger partial charge in [0.1, 0.15) is 18.5 Å². The summed E-state index contributed by atoms with van der Waals surface area (Å²) in [5.74, 6) is -0.429. The highest BCUT2D eigenvalue weighted by atomic mass is 35.5. The Bertz CT molecular complexity index is 1540.